The van der Waals surface area contributed by atoms with Crippen LogP contribution in [0.1, 0.15) is 6.92 Å². The van der Waals surface area contributed by atoms with E-state index in [0.29, 0.717) is 5.84 Å². The fourth-order valence-corrected chi connectivity index (χ4v) is 1.51. The number of benzene rings is 2. The molecule has 0 aliphatic rings. The van der Waals surface area contributed by atoms with Crippen LogP contribution in [0.25, 0.3) is 0 Å². The van der Waals surface area contributed by atoms with E-state index < -0.39 is 4.92 Å². The van der Waals surface area contributed by atoms with Crippen molar-refractivity contribution in [2.24, 2.45) is 15.3 Å². The molecule has 0 aromatic heterocycles. The molecule has 0 fully saturated rings. The Hall–Kier alpha value is -3.09. The third-order valence-electron chi connectivity index (χ3n) is 2.50. The van der Waals surface area contributed by atoms with Gasteiger partial charge in [0.1, 0.15) is 0 Å². The molecule has 0 atom stereocenters. The zero-order valence-electron chi connectivity index (χ0n) is 11.3. The summed E-state index contributed by atoms with van der Waals surface area (Å²) < 4.78 is 0. The third kappa shape index (κ3) is 4.20. The van der Waals surface area contributed by atoms with E-state index in [4.69, 9.17) is 0 Å². The molecule has 0 amide bonds. The minimum atomic E-state index is -0.497. The van der Waals surface area contributed by atoms with Gasteiger partial charge in [0.2, 0.25) is 0 Å². The van der Waals surface area contributed by atoms with E-state index in [9.17, 15) is 10.1 Å². The molecule has 0 heterocycles. The van der Waals surface area contributed by atoms with Gasteiger partial charge in [0.05, 0.1) is 10.6 Å². The van der Waals surface area contributed by atoms with Crippen molar-refractivity contribution in [1.29, 1.82) is 0 Å². The number of azo groups is 1. The molecule has 0 saturated carbocycles. The quantitative estimate of drug-likeness (QED) is 0.300. The Kier molecular flexibility index (Phi) is 4.70. The van der Waals surface area contributed by atoms with E-state index in [1.165, 1.54) is 12.1 Å². The predicted octanol–water partition coefficient (Wildman–Crippen LogP) is 4.12. The van der Waals surface area contributed by atoms with Crippen LogP contribution in [0, 0.1) is 10.1 Å². The molecule has 7 nitrogen and oxygen atoms in total. The Morgan fingerprint density at radius 1 is 1.10 bits per heavy atom. The molecule has 2 aromatic rings. The first-order valence-electron chi connectivity index (χ1n) is 6.17. The van der Waals surface area contributed by atoms with Gasteiger partial charge in [-0.2, -0.15) is 5.10 Å². The number of hydrazone groups is 1. The Balaban J connectivity index is 2.09. The number of nitrogens with one attached hydrogen (secondary N) is 1. The maximum absolute atomic E-state index is 10.8. The van der Waals surface area contributed by atoms with Crippen molar-refractivity contribution in [3.05, 3.63) is 64.7 Å². The van der Waals surface area contributed by atoms with Crippen molar-refractivity contribution in [2.75, 3.05) is 5.43 Å². The number of nitro groups is 1. The molecule has 0 aliphatic carbocycles. The molecule has 2 rings (SSSR count). The van der Waals surface area contributed by atoms with Crippen molar-refractivity contribution >= 4 is 22.9 Å². The molecule has 0 radical (unpaired) electrons. The number of para-hydroxylation sites is 2. The van der Waals surface area contributed by atoms with Gasteiger partial charge in [-0.3, -0.25) is 15.5 Å². The third-order valence-corrected chi connectivity index (χ3v) is 2.50. The van der Waals surface area contributed by atoms with Crippen LogP contribution in [0.3, 0.4) is 0 Å². The summed E-state index contributed by atoms with van der Waals surface area (Å²) in [6, 6.07) is 15.5. The Morgan fingerprint density at radius 2 is 1.76 bits per heavy atom. The van der Waals surface area contributed by atoms with Crippen LogP contribution in [0.5, 0.6) is 0 Å². The summed E-state index contributed by atoms with van der Waals surface area (Å²) >= 11 is 0. The second-order valence-electron chi connectivity index (χ2n) is 4.08. The van der Waals surface area contributed by atoms with Crippen molar-refractivity contribution in [2.45, 2.75) is 6.92 Å². The van der Waals surface area contributed by atoms with Crippen LogP contribution in [-0.2, 0) is 0 Å². The molecule has 0 bridgehead atoms. The summed E-state index contributed by atoms with van der Waals surface area (Å²) in [5, 5.41) is 22.6. The van der Waals surface area contributed by atoms with Crippen LogP contribution >= 0.6 is 0 Å². The van der Waals surface area contributed by atoms with Crippen molar-refractivity contribution in [3.8, 4) is 0 Å². The van der Waals surface area contributed by atoms with Gasteiger partial charge in [-0.05, 0) is 25.1 Å². The molecule has 0 aliphatic heterocycles. The second-order valence-corrected chi connectivity index (χ2v) is 4.08. The van der Waals surface area contributed by atoms with E-state index in [2.05, 4.69) is 20.8 Å². The van der Waals surface area contributed by atoms with Gasteiger partial charge >= 0.3 is 0 Å². The first-order valence-corrected chi connectivity index (χ1v) is 6.17. The molecule has 1 N–H and O–H groups in total. The van der Waals surface area contributed by atoms with E-state index >= 15 is 0 Å². The number of nitro benzene ring substituents is 1. The maximum Gasteiger partial charge on any atom is 0.296 e. The smallest absolute Gasteiger partial charge is 0.277 e. The fourth-order valence-electron chi connectivity index (χ4n) is 1.51. The molecule has 0 spiro atoms. The molecule has 7 heteroatoms. The van der Waals surface area contributed by atoms with Crippen LogP contribution in [-0.4, -0.2) is 10.8 Å². The number of nitrogens with zero attached hydrogens (tertiary/aromatic N) is 4. The Morgan fingerprint density at radius 3 is 2.48 bits per heavy atom. The monoisotopic (exact) mass is 283 g/mol. The van der Waals surface area contributed by atoms with Gasteiger partial charge in [-0.25, -0.2) is 0 Å². The number of amidine groups is 1. The summed E-state index contributed by atoms with van der Waals surface area (Å²) in [6.07, 6.45) is 0. The maximum atomic E-state index is 10.8. The second kappa shape index (κ2) is 6.90. The molecule has 21 heavy (non-hydrogen) atoms. The van der Waals surface area contributed by atoms with Gasteiger partial charge in [-0.1, -0.05) is 30.3 Å². The highest BCUT2D eigenvalue weighted by atomic mass is 16.6. The van der Waals surface area contributed by atoms with E-state index in [1.807, 2.05) is 30.3 Å². The number of anilines is 1. The fraction of sp³-hybridized carbons (Fsp3) is 0.0714. The van der Waals surface area contributed by atoms with Gasteiger partial charge in [0.25, 0.3) is 5.69 Å². The van der Waals surface area contributed by atoms with Gasteiger partial charge in [0, 0.05) is 6.07 Å². The average molecular weight is 283 g/mol. The topological polar surface area (TPSA) is 92.2 Å². The summed E-state index contributed by atoms with van der Waals surface area (Å²) in [7, 11) is 0. The van der Waals surface area contributed by atoms with Crippen LogP contribution < -0.4 is 5.43 Å². The lowest BCUT2D eigenvalue weighted by atomic mass is 10.3. The first-order chi connectivity index (χ1) is 10.2. The number of rotatable bonds is 4. The lowest BCUT2D eigenvalue weighted by molar-refractivity contribution is -0.384. The highest BCUT2D eigenvalue weighted by Gasteiger charge is 2.11. The van der Waals surface area contributed by atoms with Gasteiger partial charge in [-0.15, -0.1) is 10.2 Å². The largest absolute Gasteiger partial charge is 0.296 e. The Bertz CT molecular complexity index is 683. The SMILES string of the molecule is CC(N=Nc1ccccc1[N+](=O)[O-])=NNc1ccccc1. The molecular formula is C14H13N5O2. The lowest BCUT2D eigenvalue weighted by Gasteiger charge is -1.99. The van der Waals surface area contributed by atoms with E-state index in [0.717, 1.165) is 5.69 Å². The molecular weight excluding hydrogens is 270 g/mol. The first kappa shape index (κ1) is 14.3. The normalized spacial score (nSPS) is 11.6. The zero-order valence-corrected chi connectivity index (χ0v) is 11.3. The standard InChI is InChI=1S/C14H13N5O2/c1-11(15-17-12-7-3-2-4-8-12)16-18-13-9-5-6-10-14(13)19(20)21/h2-10,17H,1H3. The number of hydrogen-bond acceptors (Lipinski definition) is 5. The van der Waals surface area contributed by atoms with Crippen molar-refractivity contribution in [1.82, 2.24) is 0 Å². The van der Waals surface area contributed by atoms with Gasteiger partial charge < -0.3 is 0 Å². The minimum absolute atomic E-state index is 0.0925. The molecule has 0 saturated heterocycles. The number of hydrogen-bond donors (Lipinski definition) is 1. The summed E-state index contributed by atoms with van der Waals surface area (Å²) in [4.78, 5) is 10.3. The Labute approximate surface area is 121 Å². The lowest BCUT2D eigenvalue weighted by Crippen LogP contribution is -1.93. The van der Waals surface area contributed by atoms with Crippen LogP contribution in [0.2, 0.25) is 0 Å². The minimum Gasteiger partial charge on any atom is -0.277 e. The predicted molar refractivity (Wildman–Crippen MR) is 80.8 cm³/mol. The molecule has 0 unspecified atom stereocenters. The average Bonchev–Trinajstić information content (AvgIpc) is 2.52. The van der Waals surface area contributed by atoms with Crippen LogP contribution in [0.4, 0.5) is 17.1 Å². The summed E-state index contributed by atoms with van der Waals surface area (Å²) in [5.41, 5.74) is 3.73. The highest BCUT2D eigenvalue weighted by molar-refractivity contribution is 5.81. The van der Waals surface area contributed by atoms with Crippen LogP contribution in [0.15, 0.2) is 69.9 Å². The van der Waals surface area contributed by atoms with Gasteiger partial charge in [0.15, 0.2) is 11.5 Å². The summed E-state index contributed by atoms with van der Waals surface area (Å²) in [5.74, 6) is 0.358. The zero-order chi connectivity index (χ0) is 15.1. The van der Waals surface area contributed by atoms with Crippen molar-refractivity contribution in [3.63, 3.8) is 0 Å². The molecule has 2 aromatic carbocycles. The summed E-state index contributed by atoms with van der Waals surface area (Å²) in [6.45, 7) is 1.65. The van der Waals surface area contributed by atoms with Crippen molar-refractivity contribution < 1.29 is 4.92 Å². The van der Waals surface area contributed by atoms with E-state index in [-0.39, 0.29) is 11.4 Å². The highest BCUT2D eigenvalue weighted by Crippen LogP contribution is 2.26. The van der Waals surface area contributed by atoms with E-state index in [1.54, 1.807) is 19.1 Å². The molecule has 106 valence electrons.